The van der Waals surface area contributed by atoms with Gasteiger partial charge in [-0.1, -0.05) is 23.9 Å². The van der Waals surface area contributed by atoms with E-state index in [9.17, 15) is 35.0 Å². The molecule has 0 unspecified atom stereocenters. The minimum atomic E-state index is -1.58. The molecule has 2 amide bonds. The third kappa shape index (κ3) is 3.70. The van der Waals surface area contributed by atoms with Crippen LogP contribution in [-0.4, -0.2) is 73.4 Å². The van der Waals surface area contributed by atoms with Crippen LogP contribution in [0.4, 0.5) is 5.69 Å². The zero-order valence-electron chi connectivity index (χ0n) is 15.9. The van der Waals surface area contributed by atoms with E-state index in [-0.39, 0.29) is 16.8 Å². The first kappa shape index (κ1) is 21.4. The number of ether oxygens (including phenoxy) is 1. The van der Waals surface area contributed by atoms with Crippen molar-refractivity contribution in [3.8, 4) is 0 Å². The molecule has 3 N–H and O–H groups in total. The quantitative estimate of drug-likeness (QED) is 0.344. The van der Waals surface area contributed by atoms with E-state index in [1.54, 1.807) is 12.1 Å². The number of aliphatic hydroxyl groups is 3. The maximum Gasteiger partial charge on any atom is 0.269 e. The molecule has 0 saturated carbocycles. The number of nitrogens with zero attached hydrogens (tertiary/aromatic N) is 2. The molecule has 31 heavy (non-hydrogen) atoms. The lowest BCUT2D eigenvalue weighted by Gasteiger charge is -2.44. The first-order chi connectivity index (χ1) is 14.8. The molecule has 5 atom stereocenters. The topological polar surface area (TPSA) is 150 Å². The number of rotatable bonds is 5. The largest absolute Gasteiger partial charge is 0.394 e. The van der Waals surface area contributed by atoms with E-state index in [1.165, 1.54) is 36.4 Å². The van der Waals surface area contributed by atoms with Crippen molar-refractivity contribution in [3.63, 3.8) is 0 Å². The van der Waals surface area contributed by atoms with Crippen LogP contribution in [0.3, 0.4) is 0 Å². The number of carbonyl (C=O) groups excluding carboxylic acids is 2. The lowest BCUT2D eigenvalue weighted by molar-refractivity contribution is -0.384. The van der Waals surface area contributed by atoms with Crippen molar-refractivity contribution in [2.24, 2.45) is 0 Å². The molecule has 0 aliphatic carbocycles. The molecule has 11 heteroatoms. The van der Waals surface area contributed by atoms with Gasteiger partial charge in [-0.05, 0) is 24.3 Å². The summed E-state index contributed by atoms with van der Waals surface area (Å²) < 4.78 is 5.74. The van der Waals surface area contributed by atoms with E-state index in [0.29, 0.717) is 4.90 Å². The van der Waals surface area contributed by atoms with Gasteiger partial charge in [-0.15, -0.1) is 0 Å². The van der Waals surface area contributed by atoms with Crippen molar-refractivity contribution in [1.29, 1.82) is 0 Å². The monoisotopic (exact) mass is 446 g/mol. The first-order valence-corrected chi connectivity index (χ1v) is 10.2. The van der Waals surface area contributed by atoms with Gasteiger partial charge in [0.2, 0.25) is 0 Å². The van der Waals surface area contributed by atoms with Gasteiger partial charge in [0.05, 0.1) is 22.7 Å². The average Bonchev–Trinajstić information content (AvgIpc) is 3.02. The van der Waals surface area contributed by atoms with Gasteiger partial charge in [-0.3, -0.25) is 24.6 Å². The molecule has 2 aliphatic heterocycles. The number of amides is 2. The fraction of sp³-hybridized carbons (Fsp3) is 0.300. The highest BCUT2D eigenvalue weighted by Crippen LogP contribution is 2.39. The van der Waals surface area contributed by atoms with Crippen molar-refractivity contribution in [2.45, 2.75) is 34.7 Å². The van der Waals surface area contributed by atoms with Gasteiger partial charge in [0.25, 0.3) is 17.5 Å². The molecule has 0 aromatic heterocycles. The Morgan fingerprint density at radius 2 is 1.58 bits per heavy atom. The molecule has 1 fully saturated rings. The number of nitro groups is 1. The van der Waals surface area contributed by atoms with Crippen molar-refractivity contribution in [1.82, 2.24) is 4.90 Å². The Morgan fingerprint density at radius 3 is 2.10 bits per heavy atom. The first-order valence-electron chi connectivity index (χ1n) is 9.34. The van der Waals surface area contributed by atoms with Gasteiger partial charge in [0.15, 0.2) is 0 Å². The number of imide groups is 1. The average molecular weight is 446 g/mol. The Kier molecular flexibility index (Phi) is 5.77. The molecule has 10 nitrogen and oxygen atoms in total. The predicted molar refractivity (Wildman–Crippen MR) is 107 cm³/mol. The summed E-state index contributed by atoms with van der Waals surface area (Å²) in [6, 6.07) is 10.5. The Labute approximate surface area is 180 Å². The number of hydrogen-bond donors (Lipinski definition) is 3. The molecule has 0 spiro atoms. The summed E-state index contributed by atoms with van der Waals surface area (Å²) in [7, 11) is 0. The predicted octanol–water partition coefficient (Wildman–Crippen LogP) is 0.791. The number of carbonyl (C=O) groups is 2. The number of thioether (sulfide) groups is 1. The normalized spacial score (nSPS) is 28.0. The second-order valence-corrected chi connectivity index (χ2v) is 8.26. The second-order valence-electron chi connectivity index (χ2n) is 7.09. The van der Waals surface area contributed by atoms with Crippen LogP contribution in [0.5, 0.6) is 0 Å². The number of nitro benzene ring substituents is 1. The standard InChI is InChI=1S/C20H18N2O8S/c23-9-14-16(24)17(25)15(21-18(26)12-3-1-2-4-13(12)19(21)27)20(30-14)31-11-7-5-10(6-8-11)22(28)29/h1-8,14-17,20,23-25H,9H2/t14-,15-,16-,17-,20+/m1/s1. The summed E-state index contributed by atoms with van der Waals surface area (Å²) in [5.41, 5.74) is -0.802. The summed E-state index contributed by atoms with van der Waals surface area (Å²) in [4.78, 5) is 37.6. The summed E-state index contributed by atoms with van der Waals surface area (Å²) in [5, 5.41) is 41.6. The van der Waals surface area contributed by atoms with E-state index in [0.717, 1.165) is 16.7 Å². The lowest BCUT2D eigenvalue weighted by atomic mass is 9.97. The molecule has 0 radical (unpaired) electrons. The van der Waals surface area contributed by atoms with Crippen LogP contribution in [-0.2, 0) is 4.74 Å². The molecule has 2 aromatic rings. The van der Waals surface area contributed by atoms with Gasteiger partial charge in [-0.25, -0.2) is 0 Å². The van der Waals surface area contributed by atoms with E-state index in [2.05, 4.69) is 0 Å². The van der Waals surface area contributed by atoms with Crippen LogP contribution in [0, 0.1) is 10.1 Å². The summed E-state index contributed by atoms with van der Waals surface area (Å²) >= 11 is 1.01. The molecule has 1 saturated heterocycles. The zero-order chi connectivity index (χ0) is 22.3. The van der Waals surface area contributed by atoms with E-state index in [1.807, 2.05) is 0 Å². The maximum absolute atomic E-state index is 13.0. The zero-order valence-corrected chi connectivity index (χ0v) is 16.7. The van der Waals surface area contributed by atoms with Crippen LogP contribution in [0.15, 0.2) is 53.4 Å². The van der Waals surface area contributed by atoms with Crippen molar-refractivity contribution in [2.75, 3.05) is 6.61 Å². The van der Waals surface area contributed by atoms with Crippen LogP contribution >= 0.6 is 11.8 Å². The molecular formula is C20H18N2O8S. The number of fused-ring (bicyclic) bond motifs is 1. The Balaban J connectivity index is 1.68. The summed E-state index contributed by atoms with van der Waals surface area (Å²) in [5.74, 6) is -1.26. The van der Waals surface area contributed by atoms with E-state index < -0.39 is 53.1 Å². The number of benzene rings is 2. The van der Waals surface area contributed by atoms with E-state index in [4.69, 9.17) is 4.74 Å². The van der Waals surface area contributed by atoms with Crippen LogP contribution in [0.25, 0.3) is 0 Å². The van der Waals surface area contributed by atoms with Crippen molar-refractivity contribution in [3.05, 3.63) is 69.8 Å². The van der Waals surface area contributed by atoms with Crippen molar-refractivity contribution >= 4 is 29.3 Å². The maximum atomic E-state index is 13.0. The summed E-state index contributed by atoms with van der Waals surface area (Å²) in [6.45, 7) is -0.593. The van der Waals surface area contributed by atoms with Crippen LogP contribution < -0.4 is 0 Å². The number of hydrogen-bond acceptors (Lipinski definition) is 9. The molecule has 0 bridgehead atoms. The fourth-order valence-electron chi connectivity index (χ4n) is 3.70. The van der Waals surface area contributed by atoms with Crippen LogP contribution in [0.1, 0.15) is 20.7 Å². The van der Waals surface area contributed by atoms with Gasteiger partial charge in [0, 0.05) is 17.0 Å². The fourth-order valence-corrected chi connectivity index (χ4v) is 4.88. The highest BCUT2D eigenvalue weighted by molar-refractivity contribution is 7.99. The van der Waals surface area contributed by atoms with Gasteiger partial charge in [-0.2, -0.15) is 0 Å². The minimum Gasteiger partial charge on any atom is -0.394 e. The highest BCUT2D eigenvalue weighted by atomic mass is 32.2. The molecule has 4 rings (SSSR count). The van der Waals surface area contributed by atoms with Crippen LogP contribution in [0.2, 0.25) is 0 Å². The SMILES string of the molecule is O=C1c2ccccc2C(=O)N1[C@@H]1[C@@H](O)[C@H](O)[C@@H](CO)O[C@H]1Sc1ccc([N+](=O)[O-])cc1. The Bertz CT molecular complexity index is 995. The van der Waals surface area contributed by atoms with Gasteiger partial charge in [0.1, 0.15) is 29.8 Å². The van der Waals surface area contributed by atoms with E-state index >= 15 is 0 Å². The summed E-state index contributed by atoms with van der Waals surface area (Å²) in [6.07, 6.45) is -4.26. The molecule has 2 aromatic carbocycles. The second kappa shape index (κ2) is 8.36. The molecule has 162 valence electrons. The van der Waals surface area contributed by atoms with Gasteiger partial charge >= 0.3 is 0 Å². The molecule has 2 aliphatic rings. The Hall–Kier alpha value is -2.83. The molecule has 2 heterocycles. The smallest absolute Gasteiger partial charge is 0.269 e. The number of aliphatic hydroxyl groups excluding tert-OH is 3. The third-order valence-corrected chi connectivity index (χ3v) is 6.44. The Morgan fingerprint density at radius 1 is 1.00 bits per heavy atom. The minimum absolute atomic E-state index is 0.116. The third-order valence-electron chi connectivity index (χ3n) is 5.27. The van der Waals surface area contributed by atoms with Crippen molar-refractivity contribution < 1.29 is 34.6 Å². The lowest BCUT2D eigenvalue weighted by Crippen LogP contribution is -2.64. The molecular weight excluding hydrogens is 428 g/mol. The number of non-ortho nitro benzene ring substituents is 1. The van der Waals surface area contributed by atoms with Gasteiger partial charge < -0.3 is 20.1 Å². The highest BCUT2D eigenvalue weighted by Gasteiger charge is 2.53.